The van der Waals surface area contributed by atoms with Gasteiger partial charge in [-0.15, -0.1) is 11.3 Å². The van der Waals surface area contributed by atoms with Crippen molar-refractivity contribution in [3.05, 3.63) is 100 Å². The van der Waals surface area contributed by atoms with E-state index in [0.29, 0.717) is 25.1 Å². The summed E-state index contributed by atoms with van der Waals surface area (Å²) in [4.78, 5) is 30.4. The summed E-state index contributed by atoms with van der Waals surface area (Å²) >= 11 is 1.61. The lowest BCUT2D eigenvalue weighted by atomic mass is 9.84. The molecule has 9 nitrogen and oxygen atoms in total. The number of carbonyl (C=O) groups is 2. The number of rotatable bonds is 14. The molecule has 48 heavy (non-hydrogen) atoms. The maximum absolute atomic E-state index is 11.1. The fraction of sp³-hybridized carbons (Fsp3) is 0.395. The van der Waals surface area contributed by atoms with Crippen LogP contribution in [-0.2, 0) is 17.9 Å². The molecule has 0 amide bonds. The molecule has 0 radical (unpaired) electrons. The van der Waals surface area contributed by atoms with E-state index in [-0.39, 0.29) is 0 Å². The minimum absolute atomic E-state index is 0.301. The number of aromatic nitrogens is 1. The average molecular weight is 672 g/mol. The van der Waals surface area contributed by atoms with Gasteiger partial charge in [0.25, 0.3) is 0 Å². The zero-order valence-corrected chi connectivity index (χ0v) is 28.9. The number of aromatic carboxylic acids is 1. The first-order chi connectivity index (χ1) is 23.1. The second-order valence-corrected chi connectivity index (χ2v) is 13.4. The molecule has 1 aliphatic rings. The Morgan fingerprint density at radius 1 is 0.854 bits per heavy atom. The molecule has 1 fully saturated rings. The molecule has 3 aromatic carbocycles. The predicted molar refractivity (Wildman–Crippen MR) is 196 cm³/mol. The highest BCUT2D eigenvalue weighted by atomic mass is 32.1. The first-order valence-electron chi connectivity index (χ1n) is 16.7. The van der Waals surface area contributed by atoms with Crippen molar-refractivity contribution in [3.8, 4) is 11.3 Å². The summed E-state index contributed by atoms with van der Waals surface area (Å²) in [6, 6.07) is 24.2. The molecule has 1 saturated carbocycles. The lowest BCUT2D eigenvalue weighted by Crippen LogP contribution is -2.29. The van der Waals surface area contributed by atoms with Crippen LogP contribution in [0.2, 0.25) is 0 Å². The fourth-order valence-corrected chi connectivity index (χ4v) is 6.68. The molecule has 1 unspecified atom stereocenters. The summed E-state index contributed by atoms with van der Waals surface area (Å²) in [5.41, 5.74) is 17.8. The van der Waals surface area contributed by atoms with Gasteiger partial charge in [-0.3, -0.25) is 4.79 Å². The molecule has 256 valence electrons. The number of carboxylic acids is 2. The number of nitrogens with zero attached hydrogens (tertiary/aromatic N) is 3. The second kappa shape index (κ2) is 18.3. The second-order valence-electron chi connectivity index (χ2n) is 12.6. The predicted octanol–water partition coefficient (Wildman–Crippen LogP) is 7.36. The van der Waals surface area contributed by atoms with Gasteiger partial charge in [0.05, 0.1) is 11.3 Å². The van der Waals surface area contributed by atoms with Crippen molar-refractivity contribution in [1.29, 1.82) is 0 Å². The highest BCUT2D eigenvalue weighted by molar-refractivity contribution is 7.14. The quantitative estimate of drug-likeness (QED) is 0.101. The van der Waals surface area contributed by atoms with Crippen LogP contribution in [0.1, 0.15) is 84.3 Å². The largest absolute Gasteiger partial charge is 0.480 e. The zero-order chi connectivity index (χ0) is 34.5. The van der Waals surface area contributed by atoms with Crippen molar-refractivity contribution < 1.29 is 19.8 Å². The van der Waals surface area contributed by atoms with Crippen molar-refractivity contribution in [3.63, 3.8) is 0 Å². The molecule has 10 heteroatoms. The SMILES string of the molecule is CN(Cc1ccc(C2CCCCC2)cc1)c1ccc(-c2csc(N(C)Cc3ccc(C(=O)O)cc3)n2)cc1.NCCCCC(N)C(=O)O. The van der Waals surface area contributed by atoms with E-state index in [1.807, 2.05) is 19.2 Å². The first-order valence-corrected chi connectivity index (χ1v) is 17.6. The summed E-state index contributed by atoms with van der Waals surface area (Å²) in [7, 11) is 4.15. The van der Waals surface area contributed by atoms with Crippen LogP contribution in [0.5, 0.6) is 0 Å². The summed E-state index contributed by atoms with van der Waals surface area (Å²) < 4.78 is 0. The standard InChI is InChI=1S/C32H35N3O2S.C6H14N2O2/c1-34(20-23-8-12-26(13-9-23)25-6-4-3-5-7-25)29-18-16-27(17-19-29)30-22-38-32(33-30)35(2)21-24-10-14-28(15-11-24)31(36)37;7-4-2-1-3-5(8)6(9)10/h8-19,22,25H,3-7,20-21H2,1-2H3,(H,36,37);5H,1-4,7-8H2,(H,9,10). The molecule has 4 aromatic rings. The summed E-state index contributed by atoms with van der Waals surface area (Å²) in [6.45, 7) is 2.15. The van der Waals surface area contributed by atoms with Gasteiger partial charge >= 0.3 is 11.9 Å². The van der Waals surface area contributed by atoms with Crippen LogP contribution < -0.4 is 21.3 Å². The third-order valence-electron chi connectivity index (χ3n) is 8.81. The smallest absolute Gasteiger partial charge is 0.335 e. The monoisotopic (exact) mass is 671 g/mol. The van der Waals surface area contributed by atoms with Gasteiger partial charge in [-0.25, -0.2) is 9.78 Å². The van der Waals surface area contributed by atoms with Crippen LogP contribution in [0.3, 0.4) is 0 Å². The number of carboxylic acid groups (broad SMARTS) is 2. The van der Waals surface area contributed by atoms with Gasteiger partial charge in [0.2, 0.25) is 0 Å². The van der Waals surface area contributed by atoms with Crippen LogP contribution in [0.25, 0.3) is 11.3 Å². The molecule has 6 N–H and O–H groups in total. The minimum atomic E-state index is -0.933. The van der Waals surface area contributed by atoms with E-state index < -0.39 is 18.0 Å². The van der Waals surface area contributed by atoms with E-state index >= 15 is 0 Å². The van der Waals surface area contributed by atoms with Gasteiger partial charge in [-0.1, -0.05) is 74.2 Å². The number of hydrogen-bond donors (Lipinski definition) is 4. The van der Waals surface area contributed by atoms with Crippen molar-refractivity contribution in [2.75, 3.05) is 30.4 Å². The summed E-state index contributed by atoms with van der Waals surface area (Å²) in [5, 5.41) is 20.4. The number of anilines is 2. The molecule has 5 rings (SSSR count). The number of benzene rings is 3. The van der Waals surface area contributed by atoms with Crippen LogP contribution in [0.4, 0.5) is 10.8 Å². The van der Waals surface area contributed by atoms with Crippen LogP contribution in [0.15, 0.2) is 78.2 Å². The molecule has 1 heterocycles. The third kappa shape index (κ3) is 10.9. The molecule has 1 aromatic heterocycles. The lowest BCUT2D eigenvalue weighted by Gasteiger charge is -2.23. The van der Waals surface area contributed by atoms with Crippen LogP contribution in [0, 0.1) is 0 Å². The molecule has 0 spiro atoms. The van der Waals surface area contributed by atoms with E-state index in [1.54, 1.807) is 23.5 Å². The van der Waals surface area contributed by atoms with E-state index in [2.05, 4.69) is 70.8 Å². The van der Waals surface area contributed by atoms with E-state index in [0.717, 1.165) is 47.3 Å². The summed E-state index contributed by atoms with van der Waals surface area (Å²) in [5.74, 6) is -1.09. The number of thiazole rings is 1. The Morgan fingerprint density at radius 3 is 2.04 bits per heavy atom. The van der Waals surface area contributed by atoms with Crippen molar-refractivity contribution in [2.45, 2.75) is 76.4 Å². The molecule has 0 aliphatic heterocycles. The Hall–Kier alpha value is -4.25. The van der Waals surface area contributed by atoms with Gasteiger partial charge in [-0.05, 0) is 79.1 Å². The van der Waals surface area contributed by atoms with E-state index in [4.69, 9.17) is 26.7 Å². The molecule has 1 aliphatic carbocycles. The van der Waals surface area contributed by atoms with E-state index in [1.165, 1.54) is 48.9 Å². The van der Waals surface area contributed by atoms with Gasteiger partial charge in [0.15, 0.2) is 5.13 Å². The van der Waals surface area contributed by atoms with Crippen molar-refractivity contribution in [2.24, 2.45) is 11.5 Å². The summed E-state index contributed by atoms with van der Waals surface area (Å²) in [6.07, 6.45) is 8.97. The minimum Gasteiger partial charge on any atom is -0.480 e. The normalized spacial score (nSPS) is 13.7. The molecule has 0 bridgehead atoms. The van der Waals surface area contributed by atoms with Crippen molar-refractivity contribution >= 4 is 34.1 Å². The zero-order valence-electron chi connectivity index (χ0n) is 28.1. The van der Waals surface area contributed by atoms with Crippen molar-refractivity contribution in [1.82, 2.24) is 4.98 Å². The topological polar surface area (TPSA) is 146 Å². The number of aliphatic carboxylic acids is 1. The molecule has 0 saturated heterocycles. The Morgan fingerprint density at radius 2 is 1.46 bits per heavy atom. The third-order valence-corrected chi connectivity index (χ3v) is 9.76. The number of nitrogens with two attached hydrogens (primary N) is 2. The van der Waals surface area contributed by atoms with Crippen LogP contribution in [-0.4, -0.2) is 53.8 Å². The molecular formula is C38H49N5O4S. The highest BCUT2D eigenvalue weighted by Crippen LogP contribution is 2.33. The van der Waals surface area contributed by atoms with Gasteiger partial charge in [0.1, 0.15) is 6.04 Å². The highest BCUT2D eigenvalue weighted by Gasteiger charge is 2.16. The maximum Gasteiger partial charge on any atom is 0.335 e. The Labute approximate surface area is 288 Å². The van der Waals surface area contributed by atoms with E-state index in [9.17, 15) is 9.59 Å². The lowest BCUT2D eigenvalue weighted by molar-refractivity contribution is -0.138. The average Bonchev–Trinajstić information content (AvgIpc) is 3.60. The molecular weight excluding hydrogens is 623 g/mol. The fourth-order valence-electron chi connectivity index (χ4n) is 5.88. The molecule has 1 atom stereocenters. The first kappa shape index (κ1) is 36.6. The van der Waals surface area contributed by atoms with Gasteiger partial charge in [-0.2, -0.15) is 0 Å². The Bertz CT molecular complexity index is 1570. The maximum atomic E-state index is 11.1. The Kier molecular flexibility index (Phi) is 14.0. The Balaban J connectivity index is 0.000000453. The van der Waals surface area contributed by atoms with Crippen LogP contribution >= 0.6 is 11.3 Å². The van der Waals surface area contributed by atoms with Gasteiger partial charge in [0, 0.05) is 43.8 Å². The van der Waals surface area contributed by atoms with Gasteiger partial charge < -0.3 is 31.5 Å². The number of hydrogen-bond acceptors (Lipinski definition) is 8. The number of unbranched alkanes of at least 4 members (excludes halogenated alkanes) is 1.